The van der Waals surface area contributed by atoms with Gasteiger partial charge in [0, 0.05) is 17.8 Å². The molecule has 0 spiro atoms. The lowest BCUT2D eigenvalue weighted by Crippen LogP contribution is -2.25. The van der Waals surface area contributed by atoms with E-state index >= 15 is 0 Å². The fourth-order valence-corrected chi connectivity index (χ4v) is 4.42. The summed E-state index contributed by atoms with van der Waals surface area (Å²) in [7, 11) is 0. The van der Waals surface area contributed by atoms with Crippen LogP contribution in [0.15, 0.2) is 24.3 Å². The Morgan fingerprint density at radius 1 is 1.11 bits per heavy atom. The Morgan fingerprint density at radius 3 is 2.56 bits per heavy atom. The van der Waals surface area contributed by atoms with Crippen molar-refractivity contribution in [3.8, 4) is 0 Å². The number of hydrogen-bond acceptors (Lipinski definition) is 4. The van der Waals surface area contributed by atoms with Crippen LogP contribution in [-0.4, -0.2) is 22.9 Å². The van der Waals surface area contributed by atoms with Crippen LogP contribution < -0.4 is 10.6 Å². The van der Waals surface area contributed by atoms with Crippen molar-refractivity contribution in [2.75, 3.05) is 5.32 Å². The van der Waals surface area contributed by atoms with Gasteiger partial charge < -0.3 is 15.7 Å². The van der Waals surface area contributed by atoms with Crippen LogP contribution in [0.3, 0.4) is 0 Å². The number of rotatable bonds is 7. The summed E-state index contributed by atoms with van der Waals surface area (Å²) in [6.45, 7) is 2.42. The smallest absolute Gasteiger partial charge is 0.303 e. The molecule has 0 radical (unpaired) electrons. The van der Waals surface area contributed by atoms with Crippen LogP contribution >= 0.6 is 11.3 Å². The molecule has 6 nitrogen and oxygen atoms in total. The van der Waals surface area contributed by atoms with E-state index in [1.54, 1.807) is 0 Å². The summed E-state index contributed by atoms with van der Waals surface area (Å²) in [5, 5.41) is 14.9. The number of nitrogens with one attached hydrogen (secondary N) is 2. The first-order chi connectivity index (χ1) is 12.9. The highest BCUT2D eigenvalue weighted by Gasteiger charge is 2.27. The number of carbonyl (C=O) groups is 3. The van der Waals surface area contributed by atoms with Crippen LogP contribution in [0, 0.1) is 6.92 Å². The largest absolute Gasteiger partial charge is 0.481 e. The SMILES string of the molecule is Cc1ccc(CNC(=O)c2c(NC(=O)CCC(=O)O)sc3c2CCC3)cc1. The van der Waals surface area contributed by atoms with Crippen molar-refractivity contribution in [2.45, 2.75) is 45.6 Å². The number of benzene rings is 1. The van der Waals surface area contributed by atoms with E-state index < -0.39 is 5.97 Å². The van der Waals surface area contributed by atoms with Crippen molar-refractivity contribution in [1.82, 2.24) is 5.32 Å². The molecule has 3 N–H and O–H groups in total. The second-order valence-corrected chi connectivity index (χ2v) is 7.78. The van der Waals surface area contributed by atoms with Gasteiger partial charge in [-0.1, -0.05) is 29.8 Å². The summed E-state index contributed by atoms with van der Waals surface area (Å²) in [6, 6.07) is 7.94. The Hall–Kier alpha value is -2.67. The Kier molecular flexibility index (Phi) is 5.91. The lowest BCUT2D eigenvalue weighted by molar-refractivity contribution is -0.138. The number of aryl methyl sites for hydroxylation is 2. The number of fused-ring (bicyclic) bond motifs is 1. The molecule has 3 rings (SSSR count). The lowest BCUT2D eigenvalue weighted by atomic mass is 10.1. The third kappa shape index (κ3) is 4.74. The Bertz CT molecular complexity index is 871. The van der Waals surface area contributed by atoms with E-state index in [4.69, 9.17) is 5.11 Å². The predicted molar refractivity (Wildman–Crippen MR) is 104 cm³/mol. The number of carboxylic acids is 1. The number of hydrogen-bond donors (Lipinski definition) is 3. The normalized spacial score (nSPS) is 12.5. The van der Waals surface area contributed by atoms with E-state index in [1.807, 2.05) is 31.2 Å². The Balaban J connectivity index is 1.72. The van der Waals surface area contributed by atoms with Crippen molar-refractivity contribution in [3.63, 3.8) is 0 Å². The molecule has 0 saturated carbocycles. The van der Waals surface area contributed by atoms with Crippen LogP contribution in [0.25, 0.3) is 0 Å². The third-order valence-electron chi connectivity index (χ3n) is 4.54. The molecule has 7 heteroatoms. The van der Waals surface area contributed by atoms with Crippen LogP contribution in [0.4, 0.5) is 5.00 Å². The lowest BCUT2D eigenvalue weighted by Gasteiger charge is -2.10. The minimum Gasteiger partial charge on any atom is -0.481 e. The summed E-state index contributed by atoms with van der Waals surface area (Å²) in [4.78, 5) is 36.6. The molecule has 1 aliphatic carbocycles. The molecule has 1 aromatic carbocycles. The van der Waals surface area contributed by atoms with Gasteiger partial charge in [-0.25, -0.2) is 0 Å². The highest BCUT2D eigenvalue weighted by molar-refractivity contribution is 7.17. The van der Waals surface area contributed by atoms with Crippen molar-refractivity contribution < 1.29 is 19.5 Å². The van der Waals surface area contributed by atoms with Gasteiger partial charge in [0.15, 0.2) is 0 Å². The van der Waals surface area contributed by atoms with Gasteiger partial charge >= 0.3 is 5.97 Å². The van der Waals surface area contributed by atoms with E-state index in [2.05, 4.69) is 10.6 Å². The monoisotopic (exact) mass is 386 g/mol. The quantitative estimate of drug-likeness (QED) is 0.680. The minimum absolute atomic E-state index is 0.109. The van der Waals surface area contributed by atoms with E-state index in [0.717, 1.165) is 40.8 Å². The van der Waals surface area contributed by atoms with Crippen LogP contribution in [0.1, 0.15) is 51.2 Å². The molecule has 1 aliphatic rings. The second-order valence-electron chi connectivity index (χ2n) is 6.67. The number of carbonyl (C=O) groups excluding carboxylic acids is 2. The minimum atomic E-state index is -1.02. The predicted octanol–water partition coefficient (Wildman–Crippen LogP) is 3.28. The van der Waals surface area contributed by atoms with Gasteiger partial charge in [-0.05, 0) is 37.3 Å². The maximum Gasteiger partial charge on any atom is 0.303 e. The zero-order valence-corrected chi connectivity index (χ0v) is 15.9. The summed E-state index contributed by atoms with van der Waals surface area (Å²) < 4.78 is 0. The Labute approximate surface area is 161 Å². The fraction of sp³-hybridized carbons (Fsp3) is 0.350. The molecule has 0 bridgehead atoms. The summed E-state index contributed by atoms with van der Waals surface area (Å²) in [5.74, 6) is -1.61. The molecule has 0 unspecified atom stereocenters. The van der Waals surface area contributed by atoms with E-state index in [-0.39, 0.29) is 24.7 Å². The van der Waals surface area contributed by atoms with Crippen molar-refractivity contribution in [2.24, 2.45) is 0 Å². The van der Waals surface area contributed by atoms with Gasteiger partial charge in [0.05, 0.1) is 12.0 Å². The molecule has 0 fully saturated rings. The van der Waals surface area contributed by atoms with Gasteiger partial charge in [-0.2, -0.15) is 0 Å². The standard InChI is InChI=1S/C20H22N2O4S/c1-12-5-7-13(8-6-12)11-21-19(26)18-14-3-2-4-15(14)27-20(18)22-16(23)9-10-17(24)25/h5-8H,2-4,9-11H2,1H3,(H,21,26)(H,22,23)(H,24,25). The maximum atomic E-state index is 12.8. The molecular formula is C20H22N2O4S. The summed E-state index contributed by atoms with van der Waals surface area (Å²) >= 11 is 1.42. The number of aliphatic carboxylic acids is 1. The number of amides is 2. The van der Waals surface area contributed by atoms with Crippen molar-refractivity contribution in [1.29, 1.82) is 0 Å². The number of carboxylic acid groups (broad SMARTS) is 1. The maximum absolute atomic E-state index is 12.8. The average molecular weight is 386 g/mol. The molecule has 0 saturated heterocycles. The highest BCUT2D eigenvalue weighted by Crippen LogP contribution is 2.39. The highest BCUT2D eigenvalue weighted by atomic mass is 32.1. The first-order valence-corrected chi connectivity index (χ1v) is 9.75. The second kappa shape index (κ2) is 8.35. The molecule has 2 aromatic rings. The zero-order valence-electron chi connectivity index (χ0n) is 15.1. The van der Waals surface area contributed by atoms with Gasteiger partial charge in [-0.3, -0.25) is 14.4 Å². The molecule has 1 aromatic heterocycles. The number of anilines is 1. The molecule has 27 heavy (non-hydrogen) atoms. The molecule has 0 atom stereocenters. The summed E-state index contributed by atoms with van der Waals surface area (Å²) in [5.41, 5.74) is 3.71. The fourth-order valence-electron chi connectivity index (χ4n) is 3.12. The molecular weight excluding hydrogens is 364 g/mol. The molecule has 2 amide bonds. The van der Waals surface area contributed by atoms with Crippen molar-refractivity contribution in [3.05, 3.63) is 51.4 Å². The van der Waals surface area contributed by atoms with Crippen LogP contribution in [0.5, 0.6) is 0 Å². The van der Waals surface area contributed by atoms with Crippen molar-refractivity contribution >= 4 is 34.1 Å². The van der Waals surface area contributed by atoms with Crippen LogP contribution in [-0.2, 0) is 29.0 Å². The van der Waals surface area contributed by atoms with Gasteiger partial charge in [-0.15, -0.1) is 11.3 Å². The number of thiophene rings is 1. The Morgan fingerprint density at radius 2 is 1.85 bits per heavy atom. The average Bonchev–Trinajstić information content (AvgIpc) is 3.20. The van der Waals surface area contributed by atoms with E-state index in [1.165, 1.54) is 11.3 Å². The van der Waals surface area contributed by atoms with Gasteiger partial charge in [0.1, 0.15) is 5.00 Å². The zero-order chi connectivity index (χ0) is 19.4. The third-order valence-corrected chi connectivity index (χ3v) is 5.75. The first-order valence-electron chi connectivity index (χ1n) is 8.94. The molecule has 1 heterocycles. The van der Waals surface area contributed by atoms with E-state index in [9.17, 15) is 14.4 Å². The molecule has 0 aliphatic heterocycles. The first kappa shape index (κ1) is 19.1. The topological polar surface area (TPSA) is 95.5 Å². The van der Waals surface area contributed by atoms with E-state index in [0.29, 0.717) is 17.1 Å². The van der Waals surface area contributed by atoms with Crippen LogP contribution in [0.2, 0.25) is 0 Å². The van der Waals surface area contributed by atoms with Gasteiger partial charge in [0.2, 0.25) is 5.91 Å². The molecule has 142 valence electrons. The summed E-state index contributed by atoms with van der Waals surface area (Å²) in [6.07, 6.45) is 2.40. The van der Waals surface area contributed by atoms with Gasteiger partial charge in [0.25, 0.3) is 5.91 Å².